The number of rotatable bonds is 2. The Morgan fingerprint density at radius 3 is 2.69 bits per heavy atom. The van der Waals surface area contributed by atoms with Crippen LogP contribution in [0.4, 0.5) is 8.78 Å². The zero-order valence-electron chi connectivity index (χ0n) is 8.90. The van der Waals surface area contributed by atoms with Crippen LogP contribution in [-0.2, 0) is 6.42 Å². The summed E-state index contributed by atoms with van der Waals surface area (Å²) in [7, 11) is 0. The van der Waals surface area contributed by atoms with E-state index in [0.29, 0.717) is 31.5 Å². The molecule has 16 heavy (non-hydrogen) atoms. The molecule has 0 saturated carbocycles. The first-order chi connectivity index (χ1) is 7.61. The van der Waals surface area contributed by atoms with Gasteiger partial charge in [-0.1, -0.05) is 23.7 Å². The standard InChI is InChI=1S/C12H14ClF2N/c13-11-9(2-1-3-10(11)14)8-12(15)4-6-16-7-5-12/h1-3,16H,4-8H2. The molecule has 0 atom stereocenters. The van der Waals surface area contributed by atoms with E-state index < -0.39 is 11.5 Å². The fraction of sp³-hybridized carbons (Fsp3) is 0.500. The third kappa shape index (κ3) is 2.53. The van der Waals surface area contributed by atoms with Gasteiger partial charge in [0, 0.05) is 6.42 Å². The molecule has 1 fully saturated rings. The average molecular weight is 246 g/mol. The van der Waals surface area contributed by atoms with Gasteiger partial charge < -0.3 is 5.32 Å². The number of hydrogen-bond acceptors (Lipinski definition) is 1. The van der Waals surface area contributed by atoms with Crippen molar-refractivity contribution in [2.45, 2.75) is 24.9 Å². The van der Waals surface area contributed by atoms with Gasteiger partial charge in [0.05, 0.1) is 5.02 Å². The summed E-state index contributed by atoms with van der Waals surface area (Å²) < 4.78 is 27.5. The molecule has 0 spiro atoms. The highest BCUT2D eigenvalue weighted by atomic mass is 35.5. The molecule has 1 nitrogen and oxygen atoms in total. The van der Waals surface area contributed by atoms with Crippen molar-refractivity contribution < 1.29 is 8.78 Å². The van der Waals surface area contributed by atoms with E-state index in [2.05, 4.69) is 5.32 Å². The van der Waals surface area contributed by atoms with Crippen LogP contribution in [0.3, 0.4) is 0 Å². The summed E-state index contributed by atoms with van der Waals surface area (Å²) in [5, 5.41) is 3.16. The van der Waals surface area contributed by atoms with E-state index in [0.717, 1.165) is 0 Å². The van der Waals surface area contributed by atoms with E-state index in [1.165, 1.54) is 6.07 Å². The van der Waals surface area contributed by atoms with Crippen molar-refractivity contribution in [1.29, 1.82) is 0 Å². The van der Waals surface area contributed by atoms with Crippen LogP contribution in [0.25, 0.3) is 0 Å². The largest absolute Gasteiger partial charge is 0.316 e. The van der Waals surface area contributed by atoms with Gasteiger partial charge in [-0.15, -0.1) is 0 Å². The predicted octanol–water partition coefficient (Wildman–Crippen LogP) is 3.11. The number of nitrogens with one attached hydrogen (secondary N) is 1. The fourth-order valence-corrected chi connectivity index (χ4v) is 2.27. The minimum Gasteiger partial charge on any atom is -0.316 e. The molecule has 1 saturated heterocycles. The third-order valence-corrected chi connectivity index (χ3v) is 3.46. The smallest absolute Gasteiger partial charge is 0.142 e. The maximum absolute atomic E-state index is 14.3. The topological polar surface area (TPSA) is 12.0 Å². The summed E-state index contributed by atoms with van der Waals surface area (Å²) in [4.78, 5) is 0. The molecule has 0 unspecified atom stereocenters. The van der Waals surface area contributed by atoms with Gasteiger partial charge in [-0.05, 0) is 37.6 Å². The van der Waals surface area contributed by atoms with Gasteiger partial charge in [0.15, 0.2) is 0 Å². The van der Waals surface area contributed by atoms with Crippen molar-refractivity contribution in [3.63, 3.8) is 0 Å². The van der Waals surface area contributed by atoms with Crippen LogP contribution < -0.4 is 5.32 Å². The van der Waals surface area contributed by atoms with E-state index in [-0.39, 0.29) is 11.4 Å². The lowest BCUT2D eigenvalue weighted by Gasteiger charge is -2.30. The number of hydrogen-bond donors (Lipinski definition) is 1. The Bertz CT molecular complexity index is 375. The average Bonchev–Trinajstić information content (AvgIpc) is 2.26. The maximum Gasteiger partial charge on any atom is 0.142 e. The van der Waals surface area contributed by atoms with Crippen LogP contribution in [0.1, 0.15) is 18.4 Å². The van der Waals surface area contributed by atoms with Gasteiger partial charge in [0.1, 0.15) is 11.5 Å². The number of piperidine rings is 1. The molecular weight excluding hydrogens is 232 g/mol. The van der Waals surface area contributed by atoms with Gasteiger partial charge >= 0.3 is 0 Å². The van der Waals surface area contributed by atoms with Gasteiger partial charge in [-0.3, -0.25) is 0 Å². The normalized spacial score (nSPS) is 19.7. The van der Waals surface area contributed by atoms with E-state index in [4.69, 9.17) is 11.6 Å². The van der Waals surface area contributed by atoms with Crippen molar-refractivity contribution in [1.82, 2.24) is 5.32 Å². The summed E-state index contributed by atoms with van der Waals surface area (Å²) in [6, 6.07) is 4.55. The molecule has 0 bridgehead atoms. The Hall–Kier alpha value is -0.670. The Morgan fingerprint density at radius 1 is 1.31 bits per heavy atom. The molecule has 0 radical (unpaired) electrons. The minimum absolute atomic E-state index is 0.0538. The van der Waals surface area contributed by atoms with Crippen LogP contribution >= 0.6 is 11.6 Å². The number of alkyl halides is 1. The molecule has 1 N–H and O–H groups in total. The first-order valence-electron chi connectivity index (χ1n) is 5.43. The molecule has 1 heterocycles. The molecule has 88 valence electrons. The second-order valence-corrected chi connectivity index (χ2v) is 4.67. The van der Waals surface area contributed by atoms with E-state index in [1.807, 2.05) is 0 Å². The quantitative estimate of drug-likeness (QED) is 0.844. The van der Waals surface area contributed by atoms with Crippen molar-refractivity contribution in [2.24, 2.45) is 0 Å². The Labute approximate surface area is 98.8 Å². The summed E-state index contributed by atoms with van der Waals surface area (Å²) in [5.41, 5.74) is -0.686. The number of benzene rings is 1. The summed E-state index contributed by atoms with van der Waals surface area (Å²) in [5.74, 6) is -0.475. The summed E-state index contributed by atoms with van der Waals surface area (Å²) in [6.07, 6.45) is 1.12. The molecule has 0 aliphatic carbocycles. The van der Waals surface area contributed by atoms with Gasteiger partial charge in [0.25, 0.3) is 0 Å². The minimum atomic E-state index is -1.25. The van der Waals surface area contributed by atoms with E-state index in [9.17, 15) is 8.78 Å². The molecule has 2 rings (SSSR count). The molecule has 4 heteroatoms. The van der Waals surface area contributed by atoms with E-state index >= 15 is 0 Å². The van der Waals surface area contributed by atoms with E-state index in [1.54, 1.807) is 12.1 Å². The monoisotopic (exact) mass is 245 g/mol. The molecular formula is C12H14ClF2N. The fourth-order valence-electron chi connectivity index (χ4n) is 2.08. The van der Waals surface area contributed by atoms with Gasteiger partial charge in [-0.2, -0.15) is 0 Å². The molecule has 0 aromatic heterocycles. The Kier molecular flexibility index (Phi) is 3.45. The molecule has 0 amide bonds. The Morgan fingerprint density at radius 2 is 2.00 bits per heavy atom. The van der Waals surface area contributed by atoms with Gasteiger partial charge in [-0.25, -0.2) is 8.78 Å². The molecule has 1 aromatic rings. The summed E-state index contributed by atoms with van der Waals surface area (Å²) in [6.45, 7) is 1.34. The summed E-state index contributed by atoms with van der Waals surface area (Å²) >= 11 is 5.82. The highest BCUT2D eigenvalue weighted by Crippen LogP contribution is 2.31. The van der Waals surface area contributed by atoms with Crippen LogP contribution in [0.2, 0.25) is 5.02 Å². The van der Waals surface area contributed by atoms with Crippen LogP contribution in [0.15, 0.2) is 18.2 Å². The van der Waals surface area contributed by atoms with Crippen LogP contribution in [0.5, 0.6) is 0 Å². The van der Waals surface area contributed by atoms with Gasteiger partial charge in [0.2, 0.25) is 0 Å². The zero-order chi connectivity index (χ0) is 11.6. The SMILES string of the molecule is Fc1cccc(CC2(F)CCNCC2)c1Cl. The first kappa shape index (κ1) is 11.8. The van der Waals surface area contributed by atoms with Crippen molar-refractivity contribution >= 4 is 11.6 Å². The van der Waals surface area contributed by atoms with Crippen molar-refractivity contribution in [2.75, 3.05) is 13.1 Å². The van der Waals surface area contributed by atoms with Crippen molar-refractivity contribution in [3.05, 3.63) is 34.6 Å². The zero-order valence-corrected chi connectivity index (χ0v) is 9.66. The molecule has 1 aliphatic rings. The highest BCUT2D eigenvalue weighted by molar-refractivity contribution is 6.31. The maximum atomic E-state index is 14.3. The van der Waals surface area contributed by atoms with Crippen molar-refractivity contribution in [3.8, 4) is 0 Å². The predicted molar refractivity (Wildman–Crippen MR) is 61.1 cm³/mol. The highest BCUT2D eigenvalue weighted by Gasteiger charge is 2.32. The molecule has 1 aliphatic heterocycles. The Balaban J connectivity index is 2.16. The number of halogens is 3. The lowest BCUT2D eigenvalue weighted by molar-refractivity contribution is 0.116. The first-order valence-corrected chi connectivity index (χ1v) is 5.81. The van der Waals surface area contributed by atoms with Crippen LogP contribution in [0, 0.1) is 5.82 Å². The second-order valence-electron chi connectivity index (χ2n) is 4.29. The van der Waals surface area contributed by atoms with Crippen LogP contribution in [-0.4, -0.2) is 18.8 Å². The second kappa shape index (κ2) is 4.68. The lowest BCUT2D eigenvalue weighted by atomic mass is 9.88. The lowest BCUT2D eigenvalue weighted by Crippen LogP contribution is -2.40. The molecule has 1 aromatic carbocycles. The third-order valence-electron chi connectivity index (χ3n) is 3.04.